The molecule has 2 heterocycles. The van der Waals surface area contributed by atoms with Crippen LogP contribution in [0.1, 0.15) is 18.7 Å². The van der Waals surface area contributed by atoms with Crippen molar-refractivity contribution < 1.29 is 4.52 Å². The first-order valence-corrected chi connectivity index (χ1v) is 6.78. The van der Waals surface area contributed by atoms with Gasteiger partial charge in [0.1, 0.15) is 0 Å². The molecule has 1 aliphatic carbocycles. The third-order valence-corrected chi connectivity index (χ3v) is 3.65. The Morgan fingerprint density at radius 1 is 1.28 bits per heavy atom. The number of anilines is 1. The summed E-state index contributed by atoms with van der Waals surface area (Å²) in [6.07, 6.45) is 2.73. The van der Waals surface area contributed by atoms with Crippen LogP contribution in [-0.2, 0) is 6.54 Å². The summed E-state index contributed by atoms with van der Waals surface area (Å²) in [7, 11) is 2.14. The highest BCUT2D eigenvalue weighted by Crippen LogP contribution is 2.27. The highest BCUT2D eigenvalue weighted by atomic mass is 16.5. The Hall–Kier alpha value is -1.14. The van der Waals surface area contributed by atoms with Gasteiger partial charge in [0, 0.05) is 26.2 Å². The van der Waals surface area contributed by atoms with Gasteiger partial charge in [-0.05, 0) is 37.5 Å². The van der Waals surface area contributed by atoms with Crippen molar-refractivity contribution in [2.45, 2.75) is 19.4 Å². The van der Waals surface area contributed by atoms with E-state index in [0.29, 0.717) is 12.4 Å². The predicted octanol–water partition coefficient (Wildman–Crippen LogP) is 0.321. The van der Waals surface area contributed by atoms with Crippen molar-refractivity contribution in [3.63, 3.8) is 0 Å². The second-order valence-corrected chi connectivity index (χ2v) is 5.35. The van der Waals surface area contributed by atoms with Crippen molar-refractivity contribution in [1.29, 1.82) is 0 Å². The number of hydrogen-bond donors (Lipinski definition) is 1. The fourth-order valence-electron chi connectivity index (χ4n) is 2.16. The molecule has 100 valence electrons. The van der Waals surface area contributed by atoms with Gasteiger partial charge in [0.05, 0.1) is 6.54 Å². The lowest BCUT2D eigenvalue weighted by Crippen LogP contribution is -2.44. The fraction of sp³-hybridized carbons (Fsp3) is 0.833. The van der Waals surface area contributed by atoms with E-state index in [4.69, 9.17) is 4.52 Å². The Morgan fingerprint density at radius 2 is 2.06 bits per heavy atom. The molecule has 0 atom stereocenters. The maximum Gasteiger partial charge on any atom is 0.266 e. The first-order valence-electron chi connectivity index (χ1n) is 6.78. The lowest BCUT2D eigenvalue weighted by Gasteiger charge is -2.31. The Labute approximate surface area is 107 Å². The Balaban J connectivity index is 1.48. The van der Waals surface area contributed by atoms with Crippen LogP contribution in [0.25, 0.3) is 0 Å². The Morgan fingerprint density at radius 3 is 2.78 bits per heavy atom. The Bertz CT molecular complexity index is 382. The molecule has 2 fully saturated rings. The molecule has 0 radical (unpaired) electrons. The van der Waals surface area contributed by atoms with Crippen LogP contribution in [0, 0.1) is 5.92 Å². The van der Waals surface area contributed by atoms with Crippen molar-refractivity contribution in [3.05, 3.63) is 5.89 Å². The molecule has 0 amide bonds. The molecule has 0 spiro atoms. The third kappa shape index (κ3) is 3.00. The van der Waals surface area contributed by atoms with Crippen LogP contribution in [0.5, 0.6) is 0 Å². The number of piperazine rings is 1. The molecule has 1 saturated heterocycles. The van der Waals surface area contributed by atoms with Gasteiger partial charge in [0.2, 0.25) is 5.89 Å². The highest BCUT2D eigenvalue weighted by Gasteiger charge is 2.21. The van der Waals surface area contributed by atoms with Gasteiger partial charge in [-0.25, -0.2) is 0 Å². The number of aromatic nitrogens is 2. The minimum Gasteiger partial charge on any atom is -0.336 e. The average molecular weight is 251 g/mol. The van der Waals surface area contributed by atoms with E-state index in [1.165, 1.54) is 12.8 Å². The molecule has 3 rings (SSSR count). The molecule has 18 heavy (non-hydrogen) atoms. The van der Waals surface area contributed by atoms with Crippen molar-refractivity contribution in [1.82, 2.24) is 20.4 Å². The van der Waals surface area contributed by atoms with E-state index in [9.17, 15) is 0 Å². The maximum absolute atomic E-state index is 5.27. The van der Waals surface area contributed by atoms with Crippen molar-refractivity contribution >= 4 is 5.95 Å². The summed E-state index contributed by atoms with van der Waals surface area (Å²) in [5.74, 6) is 2.32. The number of nitrogens with zero attached hydrogens (tertiary/aromatic N) is 4. The summed E-state index contributed by atoms with van der Waals surface area (Å²) in [5.41, 5.74) is 0. The normalized spacial score (nSPS) is 21.5. The van der Waals surface area contributed by atoms with Gasteiger partial charge in [-0.15, -0.1) is 0 Å². The predicted molar refractivity (Wildman–Crippen MR) is 68.4 cm³/mol. The second kappa shape index (κ2) is 5.24. The van der Waals surface area contributed by atoms with Gasteiger partial charge in [-0.1, -0.05) is 0 Å². The molecule has 2 aliphatic rings. The number of rotatable bonds is 5. The topological polar surface area (TPSA) is 57.4 Å². The molecular formula is C12H21N5O. The first kappa shape index (κ1) is 11.9. The van der Waals surface area contributed by atoms with Crippen LogP contribution in [0.15, 0.2) is 4.52 Å². The zero-order valence-corrected chi connectivity index (χ0v) is 10.9. The lowest BCUT2D eigenvalue weighted by molar-refractivity contribution is 0.308. The minimum absolute atomic E-state index is 0.692. The van der Waals surface area contributed by atoms with Gasteiger partial charge in [-0.3, -0.25) is 0 Å². The van der Waals surface area contributed by atoms with Gasteiger partial charge in [0.25, 0.3) is 5.95 Å². The van der Waals surface area contributed by atoms with Crippen LogP contribution < -0.4 is 10.2 Å². The molecule has 0 bridgehead atoms. The smallest absolute Gasteiger partial charge is 0.266 e. The molecule has 1 aromatic heterocycles. The van der Waals surface area contributed by atoms with Crippen LogP contribution in [0.2, 0.25) is 0 Å². The summed E-state index contributed by atoms with van der Waals surface area (Å²) in [6, 6.07) is 0. The monoisotopic (exact) mass is 251 g/mol. The third-order valence-electron chi connectivity index (χ3n) is 3.65. The SMILES string of the molecule is CN1CCN(c2noc(CNCC3CC3)n2)CC1. The van der Waals surface area contributed by atoms with Crippen molar-refractivity contribution in [2.24, 2.45) is 5.92 Å². The molecule has 6 heteroatoms. The molecule has 0 unspecified atom stereocenters. The van der Waals surface area contributed by atoms with Gasteiger partial charge >= 0.3 is 0 Å². The maximum atomic E-state index is 5.27. The Kier molecular flexibility index (Phi) is 3.47. The summed E-state index contributed by atoms with van der Waals surface area (Å²) in [6.45, 7) is 5.84. The van der Waals surface area contributed by atoms with E-state index in [1.54, 1.807) is 0 Å². The highest BCUT2D eigenvalue weighted by molar-refractivity contribution is 5.28. The van der Waals surface area contributed by atoms with E-state index in [-0.39, 0.29) is 0 Å². The number of nitrogens with one attached hydrogen (secondary N) is 1. The molecule has 0 aromatic carbocycles. The molecule has 1 saturated carbocycles. The lowest BCUT2D eigenvalue weighted by atomic mass is 10.3. The zero-order chi connectivity index (χ0) is 12.4. The summed E-state index contributed by atoms with van der Waals surface area (Å²) < 4.78 is 5.27. The van der Waals surface area contributed by atoms with E-state index < -0.39 is 0 Å². The summed E-state index contributed by atoms with van der Waals surface area (Å²) in [5, 5.41) is 7.42. The van der Waals surface area contributed by atoms with E-state index in [0.717, 1.165) is 44.6 Å². The van der Waals surface area contributed by atoms with Crippen LogP contribution in [0.4, 0.5) is 5.95 Å². The van der Waals surface area contributed by atoms with Crippen molar-refractivity contribution in [3.8, 4) is 0 Å². The number of likely N-dealkylation sites (N-methyl/N-ethyl adjacent to an activating group) is 1. The largest absolute Gasteiger partial charge is 0.336 e. The fourth-order valence-corrected chi connectivity index (χ4v) is 2.16. The quantitative estimate of drug-likeness (QED) is 0.813. The van der Waals surface area contributed by atoms with Crippen LogP contribution in [-0.4, -0.2) is 54.8 Å². The zero-order valence-electron chi connectivity index (χ0n) is 10.9. The summed E-state index contributed by atoms with van der Waals surface area (Å²) >= 11 is 0. The van der Waals surface area contributed by atoms with Crippen LogP contribution in [0.3, 0.4) is 0 Å². The summed E-state index contributed by atoms with van der Waals surface area (Å²) in [4.78, 5) is 8.95. The van der Waals surface area contributed by atoms with Crippen molar-refractivity contribution in [2.75, 3.05) is 44.7 Å². The molecule has 1 aliphatic heterocycles. The molecule has 6 nitrogen and oxygen atoms in total. The minimum atomic E-state index is 0.692. The first-order chi connectivity index (χ1) is 8.81. The van der Waals surface area contributed by atoms with E-state index in [2.05, 4.69) is 32.3 Å². The van der Waals surface area contributed by atoms with Gasteiger partial charge in [0.15, 0.2) is 0 Å². The molecule has 1 aromatic rings. The molecule has 1 N–H and O–H groups in total. The standard InChI is InChI=1S/C12H21N5O/c1-16-4-6-17(7-5-16)12-14-11(18-15-12)9-13-8-10-2-3-10/h10,13H,2-9H2,1H3. The second-order valence-electron chi connectivity index (χ2n) is 5.35. The van der Waals surface area contributed by atoms with Crippen LogP contribution >= 0.6 is 0 Å². The van der Waals surface area contributed by atoms with E-state index >= 15 is 0 Å². The van der Waals surface area contributed by atoms with E-state index in [1.807, 2.05) is 0 Å². The van der Waals surface area contributed by atoms with Gasteiger partial charge in [-0.2, -0.15) is 4.98 Å². The average Bonchev–Trinajstić information content (AvgIpc) is 3.08. The van der Waals surface area contributed by atoms with Gasteiger partial charge < -0.3 is 19.6 Å². The number of hydrogen-bond acceptors (Lipinski definition) is 6. The molecular weight excluding hydrogens is 230 g/mol.